The van der Waals surface area contributed by atoms with Crippen LogP contribution in [-0.4, -0.2) is 35.1 Å². The molecule has 0 radical (unpaired) electrons. The molecule has 1 aliphatic rings. The van der Waals surface area contributed by atoms with Gasteiger partial charge in [-0.15, -0.1) is 0 Å². The highest BCUT2D eigenvalue weighted by molar-refractivity contribution is 8.76. The molecular weight excluding hydrogens is 326 g/mol. The number of rotatable bonds is 3. The molecule has 23 heavy (non-hydrogen) atoms. The maximum Gasteiger partial charge on any atom is 0.415 e. The maximum absolute atomic E-state index is 12.1. The lowest BCUT2D eigenvalue weighted by Crippen LogP contribution is -2.44. The van der Waals surface area contributed by atoms with Crippen LogP contribution in [0.1, 0.15) is 47.5 Å². The lowest BCUT2D eigenvalue weighted by atomic mass is 10.2. The standard InChI is InChI=1S/C13H17NO2S2.C3H8.C2H6/c1-2-14(11-8-9-17-18-10-11)13(15)16-12-6-4-3-5-7-12;1-3-2;1-2/h3-7,11H,2,8-10H2,1H3;3H2,1-2H3;1-2H3. The number of para-hydroxylation sites is 1. The molecule has 1 aromatic rings. The molecule has 1 aromatic carbocycles. The minimum atomic E-state index is -0.235. The SMILES string of the molecule is CC.CCC.CCN(C(=O)Oc1ccccc1)C1CCSSC1. The van der Waals surface area contributed by atoms with Crippen LogP contribution in [0.15, 0.2) is 30.3 Å². The molecule has 1 unspecified atom stereocenters. The Morgan fingerprint density at radius 1 is 1.17 bits per heavy atom. The van der Waals surface area contributed by atoms with Crippen molar-refractivity contribution < 1.29 is 9.53 Å². The summed E-state index contributed by atoms with van der Waals surface area (Å²) in [6.07, 6.45) is 2.07. The first-order valence-electron chi connectivity index (χ1n) is 8.50. The molecular formula is C18H31NO2S2. The fourth-order valence-corrected chi connectivity index (χ4v) is 4.37. The molecule has 1 aliphatic heterocycles. The van der Waals surface area contributed by atoms with Crippen LogP contribution in [0.2, 0.25) is 0 Å². The molecule has 0 aromatic heterocycles. The number of ether oxygens (including phenoxy) is 1. The van der Waals surface area contributed by atoms with Gasteiger partial charge < -0.3 is 9.64 Å². The Morgan fingerprint density at radius 2 is 1.78 bits per heavy atom. The van der Waals surface area contributed by atoms with Gasteiger partial charge in [-0.1, -0.05) is 73.9 Å². The molecule has 132 valence electrons. The monoisotopic (exact) mass is 357 g/mol. The van der Waals surface area contributed by atoms with Gasteiger partial charge in [-0.3, -0.25) is 0 Å². The van der Waals surface area contributed by atoms with Gasteiger partial charge >= 0.3 is 6.09 Å². The summed E-state index contributed by atoms with van der Waals surface area (Å²) in [4.78, 5) is 14.0. The van der Waals surface area contributed by atoms with Crippen molar-refractivity contribution in [2.45, 2.75) is 53.5 Å². The molecule has 3 nitrogen and oxygen atoms in total. The Labute approximate surface area is 149 Å². The molecule has 2 rings (SSSR count). The van der Waals surface area contributed by atoms with Gasteiger partial charge in [-0.2, -0.15) is 0 Å². The molecule has 1 atom stereocenters. The van der Waals surface area contributed by atoms with Crippen LogP contribution >= 0.6 is 21.6 Å². The molecule has 0 N–H and O–H groups in total. The van der Waals surface area contributed by atoms with Crippen molar-refractivity contribution in [1.82, 2.24) is 4.90 Å². The van der Waals surface area contributed by atoms with Crippen LogP contribution in [0.4, 0.5) is 4.79 Å². The van der Waals surface area contributed by atoms with E-state index in [9.17, 15) is 4.79 Å². The van der Waals surface area contributed by atoms with Crippen LogP contribution in [-0.2, 0) is 0 Å². The van der Waals surface area contributed by atoms with Gasteiger partial charge in [0.25, 0.3) is 0 Å². The zero-order valence-corrected chi connectivity index (χ0v) is 16.7. The van der Waals surface area contributed by atoms with Crippen molar-refractivity contribution in [3.63, 3.8) is 0 Å². The maximum atomic E-state index is 12.1. The van der Waals surface area contributed by atoms with Crippen LogP contribution in [0.3, 0.4) is 0 Å². The van der Waals surface area contributed by atoms with E-state index in [-0.39, 0.29) is 6.09 Å². The molecule has 1 heterocycles. The fourth-order valence-electron chi connectivity index (χ4n) is 1.88. The van der Waals surface area contributed by atoms with E-state index >= 15 is 0 Å². The Kier molecular flexibility index (Phi) is 14.2. The van der Waals surface area contributed by atoms with Crippen LogP contribution in [0.5, 0.6) is 5.75 Å². The van der Waals surface area contributed by atoms with Crippen LogP contribution < -0.4 is 4.74 Å². The highest BCUT2D eigenvalue weighted by Gasteiger charge is 2.26. The second-order valence-corrected chi connectivity index (χ2v) is 7.35. The van der Waals surface area contributed by atoms with Crippen molar-refractivity contribution in [1.29, 1.82) is 0 Å². The van der Waals surface area contributed by atoms with Gasteiger partial charge in [0.05, 0.1) is 0 Å². The number of carbonyl (C=O) groups excluding carboxylic acids is 1. The lowest BCUT2D eigenvalue weighted by molar-refractivity contribution is 0.138. The Hall–Kier alpha value is -0.810. The summed E-state index contributed by atoms with van der Waals surface area (Å²) in [7, 11) is 3.72. The molecule has 1 fully saturated rings. The smallest absolute Gasteiger partial charge is 0.410 e. The molecule has 0 aliphatic carbocycles. The summed E-state index contributed by atoms with van der Waals surface area (Å²) in [6, 6.07) is 9.55. The second-order valence-electron chi connectivity index (χ2n) is 4.72. The van der Waals surface area contributed by atoms with Gasteiger partial charge in [0.2, 0.25) is 0 Å². The van der Waals surface area contributed by atoms with Crippen molar-refractivity contribution in [3.05, 3.63) is 30.3 Å². The van der Waals surface area contributed by atoms with Crippen molar-refractivity contribution >= 4 is 27.7 Å². The predicted octanol–water partition coefficient (Wildman–Crippen LogP) is 6.10. The largest absolute Gasteiger partial charge is 0.415 e. The summed E-state index contributed by atoms with van der Waals surface area (Å²) >= 11 is 0. The van der Waals surface area contributed by atoms with E-state index in [1.165, 1.54) is 6.42 Å². The normalized spacial score (nSPS) is 16.1. The van der Waals surface area contributed by atoms with Gasteiger partial charge in [-0.25, -0.2) is 4.79 Å². The van der Waals surface area contributed by atoms with Crippen molar-refractivity contribution in [2.75, 3.05) is 18.1 Å². The number of benzene rings is 1. The summed E-state index contributed by atoms with van der Waals surface area (Å²) in [5.41, 5.74) is 0. The molecule has 1 saturated heterocycles. The highest BCUT2D eigenvalue weighted by Crippen LogP contribution is 2.31. The predicted molar refractivity (Wildman–Crippen MR) is 105 cm³/mol. The average molecular weight is 358 g/mol. The quantitative estimate of drug-likeness (QED) is 0.611. The van der Waals surface area contributed by atoms with Crippen LogP contribution in [0, 0.1) is 0 Å². The topological polar surface area (TPSA) is 29.5 Å². The third-order valence-electron chi connectivity index (χ3n) is 2.84. The third kappa shape index (κ3) is 9.16. The number of nitrogens with zero attached hydrogens (tertiary/aromatic N) is 1. The zero-order valence-electron chi connectivity index (χ0n) is 15.1. The van der Waals surface area contributed by atoms with E-state index < -0.39 is 0 Å². The first kappa shape index (κ1) is 22.2. The van der Waals surface area contributed by atoms with E-state index in [1.54, 1.807) is 12.1 Å². The molecule has 1 amide bonds. The van der Waals surface area contributed by atoms with E-state index in [0.29, 0.717) is 18.3 Å². The molecule has 5 heteroatoms. The number of hydrogen-bond donors (Lipinski definition) is 0. The summed E-state index contributed by atoms with van der Waals surface area (Å²) in [5, 5.41) is 0. The summed E-state index contributed by atoms with van der Waals surface area (Å²) in [5.74, 6) is 2.70. The third-order valence-corrected chi connectivity index (χ3v) is 5.34. The number of hydrogen-bond acceptors (Lipinski definition) is 4. The molecule has 0 spiro atoms. The van der Waals surface area contributed by atoms with Gasteiger partial charge in [0, 0.05) is 24.1 Å². The Bertz CT molecular complexity index is 395. The molecule has 0 saturated carbocycles. The summed E-state index contributed by atoms with van der Waals surface area (Å²) in [6.45, 7) is 10.9. The molecule has 0 bridgehead atoms. The Balaban J connectivity index is 0.000000868. The van der Waals surface area contributed by atoms with Gasteiger partial charge in [0.1, 0.15) is 5.75 Å². The van der Waals surface area contributed by atoms with Crippen molar-refractivity contribution in [3.8, 4) is 5.75 Å². The van der Waals surface area contributed by atoms with Gasteiger partial charge in [-0.05, 0) is 25.5 Å². The Morgan fingerprint density at radius 3 is 2.26 bits per heavy atom. The first-order chi connectivity index (χ1) is 11.2. The minimum Gasteiger partial charge on any atom is -0.410 e. The number of amides is 1. The van der Waals surface area contributed by atoms with E-state index in [0.717, 1.165) is 17.9 Å². The fraction of sp³-hybridized carbons (Fsp3) is 0.611. The second kappa shape index (κ2) is 14.8. The van der Waals surface area contributed by atoms with E-state index in [4.69, 9.17) is 4.74 Å². The zero-order chi connectivity index (χ0) is 17.5. The van der Waals surface area contributed by atoms with Gasteiger partial charge in [0.15, 0.2) is 0 Å². The van der Waals surface area contributed by atoms with Crippen LogP contribution in [0.25, 0.3) is 0 Å². The van der Waals surface area contributed by atoms with E-state index in [1.807, 2.05) is 65.5 Å². The minimum absolute atomic E-state index is 0.235. The highest BCUT2D eigenvalue weighted by atomic mass is 33.1. The van der Waals surface area contributed by atoms with E-state index in [2.05, 4.69) is 13.8 Å². The first-order valence-corrected chi connectivity index (χ1v) is 11.0. The van der Waals surface area contributed by atoms with Crippen molar-refractivity contribution in [2.24, 2.45) is 0 Å². The lowest BCUT2D eigenvalue weighted by Gasteiger charge is -2.31. The number of carbonyl (C=O) groups is 1. The summed E-state index contributed by atoms with van der Waals surface area (Å²) < 4.78 is 5.39. The average Bonchev–Trinajstić information content (AvgIpc) is 2.60.